The first-order chi connectivity index (χ1) is 8.02. The summed E-state index contributed by atoms with van der Waals surface area (Å²) in [5.74, 6) is 0.818. The highest BCUT2D eigenvalue weighted by Gasteiger charge is 2.14. The maximum absolute atomic E-state index is 4.26. The topological polar surface area (TPSA) is 28.7 Å². The number of rotatable bonds is 2. The van der Waals surface area contributed by atoms with Crippen molar-refractivity contribution in [2.24, 2.45) is 0 Å². The van der Waals surface area contributed by atoms with Crippen LogP contribution in [0.3, 0.4) is 0 Å². The van der Waals surface area contributed by atoms with Crippen LogP contribution in [0.5, 0.6) is 0 Å². The minimum Gasteiger partial charge on any atom is -0.345 e. The van der Waals surface area contributed by atoms with E-state index in [0.29, 0.717) is 0 Å². The highest BCUT2D eigenvalue weighted by atomic mass is 79.9. The molecule has 1 aromatic heterocycles. The van der Waals surface area contributed by atoms with Crippen LogP contribution < -0.4 is 0 Å². The Morgan fingerprint density at radius 1 is 1.29 bits per heavy atom. The molecule has 0 saturated heterocycles. The molecule has 1 heterocycles. The maximum atomic E-state index is 4.26. The molecule has 2 nitrogen and oxygen atoms in total. The fourth-order valence-electron chi connectivity index (χ4n) is 1.96. The monoisotopic (exact) mass is 290 g/mol. The van der Waals surface area contributed by atoms with Crippen LogP contribution in [0.1, 0.15) is 28.1 Å². The number of benzene rings is 1. The van der Waals surface area contributed by atoms with E-state index in [1.807, 2.05) is 6.20 Å². The molecule has 2 rings (SSSR count). The van der Waals surface area contributed by atoms with Gasteiger partial charge in [0.15, 0.2) is 0 Å². The van der Waals surface area contributed by atoms with Gasteiger partial charge in [-0.15, -0.1) is 0 Å². The third kappa shape index (κ3) is 2.07. The van der Waals surface area contributed by atoms with E-state index < -0.39 is 0 Å². The number of hydrogen-bond donors (Lipinski definition) is 1. The number of hydrogen-bond acceptors (Lipinski definition) is 1. The summed E-state index contributed by atoms with van der Waals surface area (Å²) in [5.41, 5.74) is 5.79. The first-order valence-electron chi connectivity index (χ1n) is 5.47. The highest BCUT2D eigenvalue weighted by molar-refractivity contribution is 9.10. The van der Waals surface area contributed by atoms with E-state index in [2.05, 4.69) is 59.3 Å². The summed E-state index contributed by atoms with van der Waals surface area (Å²) in [7, 11) is 0. The van der Waals surface area contributed by atoms with E-state index in [4.69, 9.17) is 0 Å². The van der Waals surface area contributed by atoms with Crippen LogP contribution in [0.25, 0.3) is 5.57 Å². The second kappa shape index (κ2) is 4.49. The minimum atomic E-state index is 0.818. The largest absolute Gasteiger partial charge is 0.345 e. The Balaban J connectivity index is 2.63. The molecule has 0 aliphatic carbocycles. The van der Waals surface area contributed by atoms with Gasteiger partial charge in [0.05, 0.1) is 0 Å². The van der Waals surface area contributed by atoms with Crippen LogP contribution in [0.4, 0.5) is 0 Å². The Kier molecular flexibility index (Phi) is 3.20. The van der Waals surface area contributed by atoms with Crippen molar-refractivity contribution in [2.45, 2.75) is 20.8 Å². The molecule has 88 valence electrons. The third-order valence-electron chi connectivity index (χ3n) is 3.05. The first-order valence-corrected chi connectivity index (χ1v) is 6.27. The zero-order chi connectivity index (χ0) is 12.6. The molecular weight excluding hydrogens is 276 g/mol. The van der Waals surface area contributed by atoms with Crippen molar-refractivity contribution in [3.05, 3.63) is 57.6 Å². The molecule has 0 amide bonds. The number of halogens is 1. The smallest absolute Gasteiger partial charge is 0.137 e. The summed E-state index contributed by atoms with van der Waals surface area (Å²) in [5, 5.41) is 0. The van der Waals surface area contributed by atoms with Gasteiger partial charge in [-0.05, 0) is 53.4 Å². The molecular formula is C14H15BrN2. The standard InChI is InChI=1S/C14H15BrN2/c1-8-7-9(2)13(15)12(10(8)3)11(4)14-16-5-6-17-14/h5-7H,4H2,1-3H3,(H,16,17). The molecule has 0 bridgehead atoms. The van der Waals surface area contributed by atoms with Gasteiger partial charge >= 0.3 is 0 Å². The summed E-state index contributed by atoms with van der Waals surface area (Å²) in [6.45, 7) is 10.5. The summed E-state index contributed by atoms with van der Waals surface area (Å²) in [6, 6.07) is 2.18. The molecule has 0 fully saturated rings. The van der Waals surface area contributed by atoms with Gasteiger partial charge in [0, 0.05) is 28.0 Å². The van der Waals surface area contributed by atoms with E-state index in [1.54, 1.807) is 6.20 Å². The summed E-state index contributed by atoms with van der Waals surface area (Å²) in [4.78, 5) is 7.36. The SMILES string of the molecule is C=C(c1ncc[nH]1)c1c(C)c(C)cc(C)c1Br. The second-order valence-corrected chi connectivity index (χ2v) is 5.03. The fraction of sp³-hybridized carbons (Fsp3) is 0.214. The molecule has 2 aromatic rings. The van der Waals surface area contributed by atoms with Gasteiger partial charge in [-0.2, -0.15) is 0 Å². The molecule has 0 spiro atoms. The molecule has 1 aromatic carbocycles. The average molecular weight is 291 g/mol. The van der Waals surface area contributed by atoms with Crippen molar-refractivity contribution in [1.29, 1.82) is 0 Å². The maximum Gasteiger partial charge on any atom is 0.137 e. The molecule has 0 radical (unpaired) electrons. The zero-order valence-corrected chi connectivity index (χ0v) is 11.9. The fourth-order valence-corrected chi connectivity index (χ4v) is 2.61. The number of nitrogens with zero attached hydrogens (tertiary/aromatic N) is 1. The van der Waals surface area contributed by atoms with Gasteiger partial charge in [0.2, 0.25) is 0 Å². The van der Waals surface area contributed by atoms with Gasteiger partial charge in [-0.25, -0.2) is 4.98 Å². The molecule has 0 atom stereocenters. The Labute approximate surface area is 110 Å². The first kappa shape index (κ1) is 12.1. The predicted molar refractivity (Wildman–Crippen MR) is 75.1 cm³/mol. The Bertz CT molecular complexity index is 542. The molecule has 0 aliphatic rings. The summed E-state index contributed by atoms with van der Waals surface area (Å²) >= 11 is 3.65. The lowest BCUT2D eigenvalue weighted by Crippen LogP contribution is -1.98. The normalized spacial score (nSPS) is 10.6. The molecule has 0 aliphatic heterocycles. The van der Waals surface area contributed by atoms with Gasteiger partial charge in [0.25, 0.3) is 0 Å². The van der Waals surface area contributed by atoms with Crippen LogP contribution in [0.15, 0.2) is 29.5 Å². The van der Waals surface area contributed by atoms with Crippen LogP contribution >= 0.6 is 15.9 Å². The number of aromatic amines is 1. The van der Waals surface area contributed by atoms with Crippen molar-refractivity contribution in [2.75, 3.05) is 0 Å². The number of aryl methyl sites for hydroxylation is 2. The third-order valence-corrected chi connectivity index (χ3v) is 4.07. The number of nitrogens with one attached hydrogen (secondary N) is 1. The summed E-state index contributed by atoms with van der Waals surface area (Å²) in [6.07, 6.45) is 3.55. The van der Waals surface area contributed by atoms with E-state index in [-0.39, 0.29) is 0 Å². The molecule has 0 saturated carbocycles. The van der Waals surface area contributed by atoms with Crippen LogP contribution in [0, 0.1) is 20.8 Å². The van der Waals surface area contributed by atoms with Crippen molar-refractivity contribution >= 4 is 21.5 Å². The van der Waals surface area contributed by atoms with E-state index in [1.165, 1.54) is 16.7 Å². The molecule has 1 N–H and O–H groups in total. The van der Waals surface area contributed by atoms with E-state index in [9.17, 15) is 0 Å². The Hall–Kier alpha value is -1.35. The van der Waals surface area contributed by atoms with Crippen LogP contribution in [-0.2, 0) is 0 Å². The Morgan fingerprint density at radius 3 is 2.59 bits per heavy atom. The van der Waals surface area contributed by atoms with Gasteiger partial charge in [-0.1, -0.05) is 12.6 Å². The zero-order valence-electron chi connectivity index (χ0n) is 10.3. The molecule has 17 heavy (non-hydrogen) atoms. The van der Waals surface area contributed by atoms with Gasteiger partial charge < -0.3 is 4.98 Å². The van der Waals surface area contributed by atoms with Crippen molar-refractivity contribution in [1.82, 2.24) is 9.97 Å². The molecule has 3 heteroatoms. The van der Waals surface area contributed by atoms with E-state index >= 15 is 0 Å². The lowest BCUT2D eigenvalue weighted by molar-refractivity contribution is 1.20. The van der Waals surface area contributed by atoms with Crippen molar-refractivity contribution in [3.8, 4) is 0 Å². The Morgan fingerprint density at radius 2 is 2.00 bits per heavy atom. The number of H-pyrrole nitrogens is 1. The van der Waals surface area contributed by atoms with Crippen LogP contribution in [-0.4, -0.2) is 9.97 Å². The average Bonchev–Trinajstić information content (AvgIpc) is 2.80. The van der Waals surface area contributed by atoms with Crippen LogP contribution in [0.2, 0.25) is 0 Å². The minimum absolute atomic E-state index is 0.818. The number of imidazole rings is 1. The van der Waals surface area contributed by atoms with Gasteiger partial charge in [-0.3, -0.25) is 0 Å². The summed E-state index contributed by atoms with van der Waals surface area (Å²) < 4.78 is 1.10. The van der Waals surface area contributed by atoms with E-state index in [0.717, 1.165) is 21.4 Å². The van der Waals surface area contributed by atoms with Gasteiger partial charge in [0.1, 0.15) is 5.82 Å². The number of aromatic nitrogens is 2. The predicted octanol–water partition coefficient (Wildman–Crippen LogP) is 4.16. The van der Waals surface area contributed by atoms with Crippen molar-refractivity contribution < 1.29 is 0 Å². The lowest BCUT2D eigenvalue weighted by Gasteiger charge is -2.15. The lowest BCUT2D eigenvalue weighted by atomic mass is 9.95. The highest BCUT2D eigenvalue weighted by Crippen LogP contribution is 2.33. The quantitative estimate of drug-likeness (QED) is 0.884. The second-order valence-electron chi connectivity index (χ2n) is 4.24. The molecule has 0 unspecified atom stereocenters. The van der Waals surface area contributed by atoms with Crippen molar-refractivity contribution in [3.63, 3.8) is 0 Å².